The molecular weight excluding hydrogens is 180 g/mol. The SMILES string of the molecule is CCCC1(N)CN(C(=O)COCC)C1. The highest BCUT2D eigenvalue weighted by atomic mass is 16.5. The molecule has 0 bridgehead atoms. The number of nitrogens with two attached hydrogens (primary N) is 1. The summed E-state index contributed by atoms with van der Waals surface area (Å²) in [6.45, 7) is 6.15. The van der Waals surface area contributed by atoms with Gasteiger partial charge in [-0.2, -0.15) is 0 Å². The minimum atomic E-state index is -0.128. The van der Waals surface area contributed by atoms with Crippen molar-refractivity contribution in [3.63, 3.8) is 0 Å². The van der Waals surface area contributed by atoms with E-state index in [0.717, 1.165) is 12.8 Å². The van der Waals surface area contributed by atoms with Crippen LogP contribution in [-0.4, -0.2) is 42.6 Å². The Hall–Kier alpha value is -0.610. The first-order chi connectivity index (χ1) is 6.61. The molecule has 0 spiro atoms. The quantitative estimate of drug-likeness (QED) is 0.697. The molecule has 1 rings (SSSR count). The summed E-state index contributed by atoms with van der Waals surface area (Å²) in [6, 6.07) is 0. The maximum atomic E-state index is 11.4. The molecule has 1 heterocycles. The predicted octanol–water partition coefficient (Wildman–Crippen LogP) is 0.363. The van der Waals surface area contributed by atoms with Crippen LogP contribution in [-0.2, 0) is 9.53 Å². The maximum absolute atomic E-state index is 11.4. The third kappa shape index (κ3) is 2.69. The van der Waals surface area contributed by atoms with Crippen molar-refractivity contribution < 1.29 is 9.53 Å². The van der Waals surface area contributed by atoms with Gasteiger partial charge in [-0.3, -0.25) is 4.79 Å². The Morgan fingerprint density at radius 1 is 1.50 bits per heavy atom. The molecule has 4 nitrogen and oxygen atoms in total. The van der Waals surface area contributed by atoms with E-state index in [9.17, 15) is 4.79 Å². The highest BCUT2D eigenvalue weighted by Gasteiger charge is 2.40. The largest absolute Gasteiger partial charge is 0.372 e. The molecular formula is C10H20N2O2. The number of carbonyl (C=O) groups excluding carboxylic acids is 1. The zero-order chi connectivity index (χ0) is 10.6. The number of ether oxygens (including phenoxy) is 1. The number of amides is 1. The van der Waals surface area contributed by atoms with Gasteiger partial charge in [-0.15, -0.1) is 0 Å². The Morgan fingerprint density at radius 3 is 2.64 bits per heavy atom. The highest BCUT2D eigenvalue weighted by Crippen LogP contribution is 2.22. The Labute approximate surface area is 85.4 Å². The molecule has 0 atom stereocenters. The lowest BCUT2D eigenvalue weighted by Gasteiger charge is -2.47. The van der Waals surface area contributed by atoms with Crippen molar-refractivity contribution in [3.8, 4) is 0 Å². The molecule has 1 saturated heterocycles. The molecule has 2 N–H and O–H groups in total. The Kier molecular flexibility index (Phi) is 3.89. The summed E-state index contributed by atoms with van der Waals surface area (Å²) in [6.07, 6.45) is 2.06. The van der Waals surface area contributed by atoms with E-state index < -0.39 is 0 Å². The van der Waals surface area contributed by atoms with Crippen LogP contribution in [0, 0.1) is 0 Å². The first-order valence-electron chi connectivity index (χ1n) is 5.25. The van der Waals surface area contributed by atoms with Gasteiger partial charge in [-0.25, -0.2) is 0 Å². The number of carbonyl (C=O) groups is 1. The summed E-state index contributed by atoms with van der Waals surface area (Å²) >= 11 is 0. The Morgan fingerprint density at radius 2 is 2.14 bits per heavy atom. The van der Waals surface area contributed by atoms with Crippen LogP contribution >= 0.6 is 0 Å². The van der Waals surface area contributed by atoms with Crippen LogP contribution < -0.4 is 5.73 Å². The molecule has 1 amide bonds. The number of hydrogen-bond donors (Lipinski definition) is 1. The van der Waals surface area contributed by atoms with E-state index in [1.54, 1.807) is 4.90 Å². The van der Waals surface area contributed by atoms with E-state index >= 15 is 0 Å². The van der Waals surface area contributed by atoms with Crippen LogP contribution in [0.15, 0.2) is 0 Å². The van der Waals surface area contributed by atoms with Crippen molar-refractivity contribution in [2.24, 2.45) is 5.73 Å². The van der Waals surface area contributed by atoms with E-state index in [1.165, 1.54) is 0 Å². The molecule has 1 fully saturated rings. The molecule has 0 aromatic carbocycles. The monoisotopic (exact) mass is 200 g/mol. The first-order valence-corrected chi connectivity index (χ1v) is 5.25. The molecule has 1 aliphatic heterocycles. The van der Waals surface area contributed by atoms with E-state index in [1.807, 2.05) is 6.92 Å². The van der Waals surface area contributed by atoms with Crippen LogP contribution in [0.1, 0.15) is 26.7 Å². The Bertz CT molecular complexity index is 200. The lowest BCUT2D eigenvalue weighted by Crippen LogP contribution is -2.68. The smallest absolute Gasteiger partial charge is 0.248 e. The van der Waals surface area contributed by atoms with E-state index in [0.29, 0.717) is 19.7 Å². The summed E-state index contributed by atoms with van der Waals surface area (Å²) in [5.41, 5.74) is 5.91. The molecule has 0 unspecified atom stereocenters. The van der Waals surface area contributed by atoms with E-state index in [4.69, 9.17) is 10.5 Å². The summed E-state index contributed by atoms with van der Waals surface area (Å²) in [5.74, 6) is 0.0593. The fraction of sp³-hybridized carbons (Fsp3) is 0.900. The lowest BCUT2D eigenvalue weighted by atomic mass is 9.86. The topological polar surface area (TPSA) is 55.6 Å². The minimum Gasteiger partial charge on any atom is -0.372 e. The van der Waals surface area contributed by atoms with Gasteiger partial charge in [0.25, 0.3) is 0 Å². The van der Waals surface area contributed by atoms with Crippen molar-refractivity contribution in [3.05, 3.63) is 0 Å². The zero-order valence-electron chi connectivity index (χ0n) is 9.08. The van der Waals surface area contributed by atoms with Gasteiger partial charge in [-0.1, -0.05) is 13.3 Å². The summed E-state index contributed by atoms with van der Waals surface area (Å²) in [7, 11) is 0. The first kappa shape index (κ1) is 11.5. The van der Waals surface area contributed by atoms with Gasteiger partial charge < -0.3 is 15.4 Å². The average molecular weight is 200 g/mol. The lowest BCUT2D eigenvalue weighted by molar-refractivity contribution is -0.143. The predicted molar refractivity (Wildman–Crippen MR) is 54.9 cm³/mol. The van der Waals surface area contributed by atoms with Crippen LogP contribution in [0.5, 0.6) is 0 Å². The van der Waals surface area contributed by atoms with Gasteiger partial charge in [0.1, 0.15) is 6.61 Å². The van der Waals surface area contributed by atoms with Crippen molar-refractivity contribution in [2.45, 2.75) is 32.2 Å². The fourth-order valence-corrected chi connectivity index (χ4v) is 1.83. The van der Waals surface area contributed by atoms with E-state index in [2.05, 4.69) is 6.92 Å². The molecule has 82 valence electrons. The molecule has 0 aromatic rings. The molecule has 0 aromatic heterocycles. The normalized spacial score (nSPS) is 19.2. The van der Waals surface area contributed by atoms with Crippen LogP contribution in [0.4, 0.5) is 0 Å². The van der Waals surface area contributed by atoms with Crippen molar-refractivity contribution in [2.75, 3.05) is 26.3 Å². The van der Waals surface area contributed by atoms with Gasteiger partial charge in [0, 0.05) is 19.7 Å². The molecule has 4 heteroatoms. The molecule has 14 heavy (non-hydrogen) atoms. The maximum Gasteiger partial charge on any atom is 0.248 e. The standard InChI is InChI=1S/C10H20N2O2/c1-3-5-10(11)7-12(8-10)9(13)6-14-4-2/h3-8,11H2,1-2H3. The minimum absolute atomic E-state index is 0.0593. The number of rotatable bonds is 5. The van der Waals surface area contributed by atoms with Gasteiger partial charge >= 0.3 is 0 Å². The molecule has 0 saturated carbocycles. The van der Waals surface area contributed by atoms with Gasteiger partial charge in [0.05, 0.1) is 5.54 Å². The summed E-state index contributed by atoms with van der Waals surface area (Å²) in [5, 5.41) is 0. The van der Waals surface area contributed by atoms with Crippen LogP contribution in [0.2, 0.25) is 0 Å². The molecule has 0 radical (unpaired) electrons. The molecule has 1 aliphatic rings. The molecule has 0 aliphatic carbocycles. The van der Waals surface area contributed by atoms with Crippen molar-refractivity contribution in [1.82, 2.24) is 4.90 Å². The summed E-state index contributed by atoms with van der Waals surface area (Å²) in [4.78, 5) is 13.2. The zero-order valence-corrected chi connectivity index (χ0v) is 9.08. The van der Waals surface area contributed by atoms with Gasteiger partial charge in [-0.05, 0) is 13.3 Å². The average Bonchev–Trinajstić information content (AvgIpc) is 2.10. The number of likely N-dealkylation sites (tertiary alicyclic amines) is 1. The van der Waals surface area contributed by atoms with Crippen molar-refractivity contribution >= 4 is 5.91 Å². The van der Waals surface area contributed by atoms with Crippen molar-refractivity contribution in [1.29, 1.82) is 0 Å². The van der Waals surface area contributed by atoms with Crippen LogP contribution in [0.25, 0.3) is 0 Å². The fourth-order valence-electron chi connectivity index (χ4n) is 1.83. The van der Waals surface area contributed by atoms with Gasteiger partial charge in [0.15, 0.2) is 0 Å². The van der Waals surface area contributed by atoms with Crippen LogP contribution in [0.3, 0.4) is 0 Å². The number of nitrogens with zero attached hydrogens (tertiary/aromatic N) is 1. The number of hydrogen-bond acceptors (Lipinski definition) is 3. The summed E-state index contributed by atoms with van der Waals surface area (Å²) < 4.78 is 5.05. The Balaban J connectivity index is 2.22. The highest BCUT2D eigenvalue weighted by molar-refractivity contribution is 5.78. The second-order valence-electron chi connectivity index (χ2n) is 4.00. The third-order valence-electron chi connectivity index (χ3n) is 2.54. The van der Waals surface area contributed by atoms with E-state index in [-0.39, 0.29) is 18.1 Å². The second kappa shape index (κ2) is 4.75. The third-order valence-corrected chi connectivity index (χ3v) is 2.54. The van der Waals surface area contributed by atoms with Gasteiger partial charge in [0.2, 0.25) is 5.91 Å². The second-order valence-corrected chi connectivity index (χ2v) is 4.00.